The Hall–Kier alpha value is -2.36. The number of aromatic nitrogens is 1. The third-order valence-corrected chi connectivity index (χ3v) is 7.81. The first kappa shape index (κ1) is 23.8. The van der Waals surface area contributed by atoms with Crippen LogP contribution < -0.4 is 15.1 Å². The quantitative estimate of drug-likeness (QED) is 0.632. The van der Waals surface area contributed by atoms with E-state index >= 15 is 0 Å². The third kappa shape index (κ3) is 6.16. The number of piperazine rings is 2. The van der Waals surface area contributed by atoms with Crippen LogP contribution in [-0.4, -0.2) is 87.8 Å². The zero-order valence-corrected chi connectivity index (χ0v) is 20.6. The van der Waals surface area contributed by atoms with Crippen LogP contribution in [0.3, 0.4) is 0 Å². The van der Waals surface area contributed by atoms with E-state index in [9.17, 15) is 8.42 Å². The molecular formula is C24H36N6O2S. The van der Waals surface area contributed by atoms with Gasteiger partial charge in [0.05, 0.1) is 18.1 Å². The van der Waals surface area contributed by atoms with Gasteiger partial charge in [-0.2, -0.15) is 4.31 Å². The predicted octanol–water partition coefficient (Wildman–Crippen LogP) is 2.31. The van der Waals surface area contributed by atoms with E-state index in [0.717, 1.165) is 44.2 Å². The number of para-hydroxylation sites is 1. The van der Waals surface area contributed by atoms with Crippen molar-refractivity contribution in [3.8, 4) is 0 Å². The number of benzene rings is 1. The monoisotopic (exact) mass is 472 g/mol. The highest BCUT2D eigenvalue weighted by Crippen LogP contribution is 2.24. The Morgan fingerprint density at radius 1 is 0.909 bits per heavy atom. The lowest BCUT2D eigenvalue weighted by atomic mass is 10.1. The van der Waals surface area contributed by atoms with Crippen molar-refractivity contribution in [1.82, 2.24) is 14.2 Å². The summed E-state index contributed by atoms with van der Waals surface area (Å²) in [5.41, 5.74) is 3.59. The van der Waals surface area contributed by atoms with E-state index < -0.39 is 10.0 Å². The standard InChI is InChI=1S/C24H36N6O2S/c1-3-10-27-11-13-28(14-12-27)23-7-5-4-6-21(23)19-25-22-8-9-24(26-20-22)29-15-17-30(18-16-29)33(2,31)32/h4-9,20,25H,3,10-19H2,1-2H3. The molecule has 33 heavy (non-hydrogen) atoms. The van der Waals surface area contributed by atoms with E-state index in [1.165, 1.54) is 34.8 Å². The average molecular weight is 473 g/mol. The zero-order chi connectivity index (χ0) is 23.3. The van der Waals surface area contributed by atoms with Crippen molar-refractivity contribution in [2.24, 2.45) is 0 Å². The Balaban J connectivity index is 1.32. The fourth-order valence-corrected chi connectivity index (χ4v) is 5.45. The number of sulfonamides is 1. The van der Waals surface area contributed by atoms with E-state index in [1.807, 2.05) is 12.3 Å². The molecule has 0 aliphatic carbocycles. The van der Waals surface area contributed by atoms with Crippen LogP contribution in [0, 0.1) is 0 Å². The minimum atomic E-state index is -3.12. The van der Waals surface area contributed by atoms with Crippen LogP contribution in [0.25, 0.3) is 0 Å². The summed E-state index contributed by atoms with van der Waals surface area (Å²) in [7, 11) is -3.12. The molecule has 2 saturated heterocycles. The molecule has 0 bridgehead atoms. The summed E-state index contributed by atoms with van der Waals surface area (Å²) in [5, 5.41) is 3.52. The normalized spacial score (nSPS) is 18.5. The molecule has 0 saturated carbocycles. The molecule has 2 aromatic rings. The van der Waals surface area contributed by atoms with Gasteiger partial charge in [0, 0.05) is 64.6 Å². The van der Waals surface area contributed by atoms with Gasteiger partial charge >= 0.3 is 0 Å². The molecule has 0 unspecified atom stereocenters. The largest absolute Gasteiger partial charge is 0.380 e. The Morgan fingerprint density at radius 3 is 2.24 bits per heavy atom. The summed E-state index contributed by atoms with van der Waals surface area (Å²) >= 11 is 0. The third-order valence-electron chi connectivity index (χ3n) is 6.51. The van der Waals surface area contributed by atoms with Crippen molar-refractivity contribution in [2.45, 2.75) is 19.9 Å². The summed E-state index contributed by atoms with van der Waals surface area (Å²) in [5.74, 6) is 0.888. The van der Waals surface area contributed by atoms with E-state index in [0.29, 0.717) is 26.2 Å². The van der Waals surface area contributed by atoms with Crippen molar-refractivity contribution < 1.29 is 8.42 Å². The zero-order valence-electron chi connectivity index (χ0n) is 19.8. The molecule has 0 atom stereocenters. The van der Waals surface area contributed by atoms with Crippen LogP contribution in [0.5, 0.6) is 0 Å². The van der Waals surface area contributed by atoms with Gasteiger partial charge in [-0.05, 0) is 36.7 Å². The Morgan fingerprint density at radius 2 is 1.61 bits per heavy atom. The minimum absolute atomic E-state index is 0.504. The van der Waals surface area contributed by atoms with Gasteiger partial charge in [-0.25, -0.2) is 13.4 Å². The second-order valence-corrected chi connectivity index (χ2v) is 10.8. The maximum Gasteiger partial charge on any atom is 0.211 e. The molecule has 2 aliphatic heterocycles. The van der Waals surface area contributed by atoms with Crippen LogP contribution in [0.1, 0.15) is 18.9 Å². The SMILES string of the molecule is CCCN1CCN(c2ccccc2CNc2ccc(N3CCN(S(C)(=O)=O)CC3)nc2)CC1. The van der Waals surface area contributed by atoms with Crippen LogP contribution in [0.15, 0.2) is 42.6 Å². The van der Waals surface area contributed by atoms with Gasteiger partial charge in [0.25, 0.3) is 0 Å². The Bertz CT molecular complexity index is 998. The molecule has 2 fully saturated rings. The number of hydrogen-bond donors (Lipinski definition) is 1. The van der Waals surface area contributed by atoms with Gasteiger partial charge in [0.15, 0.2) is 0 Å². The molecule has 9 heteroatoms. The second kappa shape index (κ2) is 10.7. The summed E-state index contributed by atoms with van der Waals surface area (Å²) < 4.78 is 24.9. The smallest absolute Gasteiger partial charge is 0.211 e. The molecular weight excluding hydrogens is 436 g/mol. The van der Waals surface area contributed by atoms with Gasteiger partial charge in [0.1, 0.15) is 5.82 Å². The van der Waals surface area contributed by atoms with Crippen LogP contribution >= 0.6 is 0 Å². The fraction of sp³-hybridized carbons (Fsp3) is 0.542. The average Bonchev–Trinajstić information content (AvgIpc) is 2.84. The van der Waals surface area contributed by atoms with Crippen molar-refractivity contribution in [3.05, 3.63) is 48.2 Å². The molecule has 0 spiro atoms. The van der Waals surface area contributed by atoms with Crippen LogP contribution in [-0.2, 0) is 16.6 Å². The maximum atomic E-state index is 11.7. The molecule has 1 aromatic heterocycles. The molecule has 0 radical (unpaired) electrons. The molecule has 2 aliphatic rings. The summed E-state index contributed by atoms with van der Waals surface area (Å²) in [6, 6.07) is 12.7. The topological polar surface area (TPSA) is 72.0 Å². The van der Waals surface area contributed by atoms with Gasteiger partial charge in [-0.1, -0.05) is 25.1 Å². The van der Waals surface area contributed by atoms with Crippen molar-refractivity contribution in [3.63, 3.8) is 0 Å². The number of nitrogens with zero attached hydrogens (tertiary/aromatic N) is 5. The molecule has 8 nitrogen and oxygen atoms in total. The van der Waals surface area contributed by atoms with E-state index in [1.54, 1.807) is 0 Å². The summed E-state index contributed by atoms with van der Waals surface area (Å²) in [4.78, 5) is 11.8. The molecule has 4 rings (SSSR count). The number of pyridine rings is 1. The maximum absolute atomic E-state index is 11.7. The first-order valence-electron chi connectivity index (χ1n) is 11.9. The highest BCUT2D eigenvalue weighted by atomic mass is 32.2. The highest BCUT2D eigenvalue weighted by Gasteiger charge is 2.24. The lowest BCUT2D eigenvalue weighted by Crippen LogP contribution is -2.48. The first-order chi connectivity index (χ1) is 15.9. The molecule has 1 aromatic carbocycles. The lowest BCUT2D eigenvalue weighted by molar-refractivity contribution is 0.258. The molecule has 3 heterocycles. The lowest BCUT2D eigenvalue weighted by Gasteiger charge is -2.37. The minimum Gasteiger partial charge on any atom is -0.380 e. The van der Waals surface area contributed by atoms with Gasteiger partial charge in [0.2, 0.25) is 10.0 Å². The Kier molecular flexibility index (Phi) is 7.72. The number of anilines is 3. The van der Waals surface area contributed by atoms with E-state index in [4.69, 9.17) is 0 Å². The van der Waals surface area contributed by atoms with E-state index in [2.05, 4.69) is 62.3 Å². The van der Waals surface area contributed by atoms with Gasteiger partial charge < -0.3 is 15.1 Å². The van der Waals surface area contributed by atoms with Crippen molar-refractivity contribution in [1.29, 1.82) is 0 Å². The molecule has 0 amide bonds. The summed E-state index contributed by atoms with van der Waals surface area (Å²) in [6.07, 6.45) is 4.35. The number of rotatable bonds is 8. The van der Waals surface area contributed by atoms with E-state index in [-0.39, 0.29) is 0 Å². The molecule has 1 N–H and O–H groups in total. The summed E-state index contributed by atoms with van der Waals surface area (Å²) in [6.45, 7) is 10.9. The van der Waals surface area contributed by atoms with Crippen LogP contribution in [0.4, 0.5) is 17.2 Å². The van der Waals surface area contributed by atoms with Crippen molar-refractivity contribution in [2.75, 3.05) is 80.3 Å². The van der Waals surface area contributed by atoms with Gasteiger partial charge in [-0.15, -0.1) is 0 Å². The Labute approximate surface area is 198 Å². The van der Waals surface area contributed by atoms with Crippen molar-refractivity contribution >= 4 is 27.2 Å². The first-order valence-corrected chi connectivity index (χ1v) is 13.7. The second-order valence-electron chi connectivity index (χ2n) is 8.87. The highest BCUT2D eigenvalue weighted by molar-refractivity contribution is 7.88. The number of hydrogen-bond acceptors (Lipinski definition) is 7. The number of nitrogens with one attached hydrogen (secondary N) is 1. The molecule has 180 valence electrons. The fourth-order valence-electron chi connectivity index (χ4n) is 4.62. The predicted molar refractivity (Wildman–Crippen MR) is 136 cm³/mol. The van der Waals surface area contributed by atoms with Gasteiger partial charge in [-0.3, -0.25) is 4.90 Å². The van der Waals surface area contributed by atoms with Crippen LogP contribution in [0.2, 0.25) is 0 Å².